The molecule has 0 bridgehead atoms. The normalized spacial score (nSPS) is 15.5. The number of allylic oxidation sites excluding steroid dienone is 1. The molecule has 1 aliphatic rings. The van der Waals surface area contributed by atoms with E-state index in [2.05, 4.69) is 10.6 Å². The summed E-state index contributed by atoms with van der Waals surface area (Å²) in [5.74, 6) is -2.71. The molecule has 0 aromatic heterocycles. The van der Waals surface area contributed by atoms with E-state index in [9.17, 15) is 22.0 Å². The summed E-state index contributed by atoms with van der Waals surface area (Å²) in [5.41, 5.74) is 1.50. The SMILES string of the molecule is CNc1ccc(CS(=O)(=O)N2CCN(/C(C=N)=C(\Cl)C(=O)Nc3cc(F)cc(F)c3)CC2)cc1. The van der Waals surface area contributed by atoms with Crippen LogP contribution in [0.15, 0.2) is 53.2 Å². The lowest BCUT2D eigenvalue weighted by Gasteiger charge is -2.36. The van der Waals surface area contributed by atoms with Gasteiger partial charge in [0.05, 0.1) is 11.4 Å². The molecule has 0 spiro atoms. The zero-order chi connectivity index (χ0) is 24.9. The van der Waals surface area contributed by atoms with Crippen molar-refractivity contribution in [2.45, 2.75) is 5.75 Å². The van der Waals surface area contributed by atoms with E-state index in [1.54, 1.807) is 36.2 Å². The number of amides is 1. The molecule has 0 aliphatic carbocycles. The van der Waals surface area contributed by atoms with Crippen molar-refractivity contribution >= 4 is 45.1 Å². The average molecular weight is 512 g/mol. The largest absolute Gasteiger partial charge is 0.388 e. The van der Waals surface area contributed by atoms with E-state index in [4.69, 9.17) is 17.0 Å². The van der Waals surface area contributed by atoms with Gasteiger partial charge in [-0.15, -0.1) is 0 Å². The minimum absolute atomic E-state index is 0.0794. The Bertz CT molecular complexity index is 1180. The van der Waals surface area contributed by atoms with Gasteiger partial charge in [-0.1, -0.05) is 23.7 Å². The first-order valence-corrected chi connectivity index (χ1v) is 12.3. The first-order valence-electron chi connectivity index (χ1n) is 10.3. The Balaban J connectivity index is 1.65. The first kappa shape index (κ1) is 25.6. The van der Waals surface area contributed by atoms with Gasteiger partial charge in [-0.05, 0) is 29.8 Å². The van der Waals surface area contributed by atoms with Gasteiger partial charge in [0, 0.05) is 56.9 Å². The van der Waals surface area contributed by atoms with E-state index in [1.165, 1.54) is 4.31 Å². The topological polar surface area (TPSA) is 106 Å². The van der Waals surface area contributed by atoms with Crippen molar-refractivity contribution in [3.8, 4) is 0 Å². The van der Waals surface area contributed by atoms with Crippen LogP contribution >= 0.6 is 11.6 Å². The number of piperazine rings is 1. The third-order valence-corrected chi connectivity index (χ3v) is 7.46. The molecule has 34 heavy (non-hydrogen) atoms. The number of anilines is 2. The average Bonchev–Trinajstić information content (AvgIpc) is 2.79. The van der Waals surface area contributed by atoms with Gasteiger partial charge in [0.2, 0.25) is 10.0 Å². The summed E-state index contributed by atoms with van der Waals surface area (Å²) in [6.07, 6.45) is 0.890. The standard InChI is InChI=1S/C22H24ClF2N5O3S/c1-27-18-4-2-15(3-5-18)14-34(32,33)30-8-6-29(7-9-30)20(13-26)21(23)22(31)28-19-11-16(24)10-17(25)12-19/h2-5,10-13,26-27H,6-9,14H2,1H3,(H,28,31)/b21-20-,26-13?. The number of nitrogens with one attached hydrogen (secondary N) is 3. The van der Waals surface area contributed by atoms with Crippen LogP contribution in [-0.2, 0) is 20.6 Å². The lowest BCUT2D eigenvalue weighted by molar-refractivity contribution is -0.112. The Kier molecular flexibility index (Phi) is 8.24. The van der Waals surface area contributed by atoms with Crippen LogP contribution in [0.1, 0.15) is 5.56 Å². The van der Waals surface area contributed by atoms with Crippen molar-refractivity contribution in [2.24, 2.45) is 0 Å². The first-order chi connectivity index (χ1) is 16.1. The summed E-state index contributed by atoms with van der Waals surface area (Å²) in [7, 11) is -1.79. The van der Waals surface area contributed by atoms with Crippen molar-refractivity contribution in [3.05, 3.63) is 70.4 Å². The van der Waals surface area contributed by atoms with Crippen LogP contribution < -0.4 is 10.6 Å². The maximum atomic E-state index is 13.4. The van der Waals surface area contributed by atoms with Gasteiger partial charge in [0.1, 0.15) is 16.7 Å². The quantitative estimate of drug-likeness (QED) is 0.373. The Hall–Kier alpha value is -3.02. The van der Waals surface area contributed by atoms with Gasteiger partial charge in [0.25, 0.3) is 5.91 Å². The van der Waals surface area contributed by atoms with Gasteiger partial charge in [0.15, 0.2) is 0 Å². The van der Waals surface area contributed by atoms with E-state index in [-0.39, 0.29) is 48.3 Å². The molecule has 1 aliphatic heterocycles. The molecule has 182 valence electrons. The van der Waals surface area contributed by atoms with Crippen molar-refractivity contribution < 1.29 is 22.0 Å². The van der Waals surface area contributed by atoms with Gasteiger partial charge >= 0.3 is 0 Å². The van der Waals surface area contributed by atoms with Crippen molar-refractivity contribution in [3.63, 3.8) is 0 Å². The minimum atomic E-state index is -3.57. The van der Waals surface area contributed by atoms with Crippen LogP contribution in [0.25, 0.3) is 0 Å². The van der Waals surface area contributed by atoms with Crippen LogP contribution in [-0.4, -0.2) is 63.0 Å². The van der Waals surface area contributed by atoms with Gasteiger partial charge in [-0.2, -0.15) is 4.31 Å². The zero-order valence-corrected chi connectivity index (χ0v) is 19.9. The van der Waals surface area contributed by atoms with E-state index < -0.39 is 27.6 Å². The molecular weight excluding hydrogens is 488 g/mol. The Morgan fingerprint density at radius 2 is 1.65 bits per heavy atom. The van der Waals surface area contributed by atoms with Crippen molar-refractivity contribution in [2.75, 3.05) is 43.9 Å². The molecule has 1 amide bonds. The molecule has 1 saturated heterocycles. The molecule has 0 saturated carbocycles. The fraction of sp³-hybridized carbons (Fsp3) is 0.273. The highest BCUT2D eigenvalue weighted by Crippen LogP contribution is 2.21. The highest BCUT2D eigenvalue weighted by molar-refractivity contribution is 7.88. The van der Waals surface area contributed by atoms with Crippen LogP contribution in [0, 0.1) is 17.0 Å². The predicted octanol–water partition coefficient (Wildman–Crippen LogP) is 3.19. The minimum Gasteiger partial charge on any atom is -0.388 e. The highest BCUT2D eigenvalue weighted by Gasteiger charge is 2.29. The van der Waals surface area contributed by atoms with Gasteiger partial charge < -0.3 is 20.9 Å². The number of carbonyl (C=O) groups excluding carboxylic acids is 1. The van der Waals surface area contributed by atoms with E-state index in [0.29, 0.717) is 11.6 Å². The summed E-state index contributed by atoms with van der Waals surface area (Å²) in [4.78, 5) is 14.1. The van der Waals surface area contributed by atoms with Gasteiger partial charge in [-0.3, -0.25) is 4.79 Å². The molecular formula is C22H24ClF2N5O3S. The van der Waals surface area contributed by atoms with E-state index in [0.717, 1.165) is 24.0 Å². The number of sulfonamides is 1. The number of nitrogens with zero attached hydrogens (tertiary/aromatic N) is 2. The highest BCUT2D eigenvalue weighted by atomic mass is 35.5. The molecule has 3 N–H and O–H groups in total. The molecule has 0 atom stereocenters. The Morgan fingerprint density at radius 3 is 2.18 bits per heavy atom. The molecule has 2 aromatic carbocycles. The number of rotatable bonds is 8. The zero-order valence-electron chi connectivity index (χ0n) is 18.3. The summed E-state index contributed by atoms with van der Waals surface area (Å²) in [6, 6.07) is 9.64. The molecule has 1 fully saturated rings. The summed E-state index contributed by atoms with van der Waals surface area (Å²) < 4.78 is 53.8. The van der Waals surface area contributed by atoms with Crippen LogP contribution in [0.5, 0.6) is 0 Å². The molecule has 0 radical (unpaired) electrons. The molecule has 2 aromatic rings. The predicted molar refractivity (Wildman–Crippen MR) is 128 cm³/mol. The van der Waals surface area contributed by atoms with Crippen LogP contribution in [0.4, 0.5) is 20.2 Å². The van der Waals surface area contributed by atoms with Crippen molar-refractivity contribution in [1.29, 1.82) is 5.41 Å². The number of halogens is 3. The molecule has 1 heterocycles. The summed E-state index contributed by atoms with van der Waals surface area (Å²) in [6.45, 7) is 0.714. The number of hydrogen-bond donors (Lipinski definition) is 3. The third-order valence-electron chi connectivity index (χ3n) is 5.25. The van der Waals surface area contributed by atoms with Crippen LogP contribution in [0.2, 0.25) is 0 Å². The Labute approximate surface area is 201 Å². The Morgan fingerprint density at radius 1 is 1.06 bits per heavy atom. The second-order valence-corrected chi connectivity index (χ2v) is 9.89. The lowest BCUT2D eigenvalue weighted by Crippen LogP contribution is -2.49. The van der Waals surface area contributed by atoms with Gasteiger partial charge in [-0.25, -0.2) is 17.2 Å². The fourth-order valence-corrected chi connectivity index (χ4v) is 5.24. The third kappa shape index (κ3) is 6.31. The van der Waals surface area contributed by atoms with E-state index in [1.807, 2.05) is 0 Å². The molecule has 12 heteroatoms. The number of hydrogen-bond acceptors (Lipinski definition) is 6. The smallest absolute Gasteiger partial charge is 0.269 e. The second-order valence-electron chi connectivity index (χ2n) is 7.55. The summed E-state index contributed by atoms with van der Waals surface area (Å²) >= 11 is 6.17. The summed E-state index contributed by atoms with van der Waals surface area (Å²) in [5, 5.41) is 12.6. The number of benzene rings is 2. The second kappa shape index (κ2) is 10.9. The fourth-order valence-electron chi connectivity index (χ4n) is 3.50. The van der Waals surface area contributed by atoms with Crippen LogP contribution in [0.3, 0.4) is 0 Å². The maximum absolute atomic E-state index is 13.4. The molecule has 0 unspecified atom stereocenters. The molecule has 3 rings (SSSR count). The van der Waals surface area contributed by atoms with E-state index >= 15 is 0 Å². The lowest BCUT2D eigenvalue weighted by atomic mass is 10.2. The monoisotopic (exact) mass is 511 g/mol. The van der Waals surface area contributed by atoms with Crippen molar-refractivity contribution in [1.82, 2.24) is 9.21 Å². The molecule has 8 nitrogen and oxygen atoms in total. The number of carbonyl (C=O) groups is 1. The maximum Gasteiger partial charge on any atom is 0.269 e.